The van der Waals surface area contributed by atoms with Crippen LogP contribution < -0.4 is 5.32 Å². The number of hydrogen-bond acceptors (Lipinski definition) is 4. The third-order valence-corrected chi connectivity index (χ3v) is 4.72. The molecule has 0 aliphatic rings. The third kappa shape index (κ3) is 5.37. The second kappa shape index (κ2) is 9.11. The molecule has 3 rings (SSSR count). The number of nitrogens with one attached hydrogen (secondary N) is 1. The van der Waals surface area contributed by atoms with Crippen LogP contribution in [0.2, 0.25) is 10.0 Å². The number of halogens is 2. The van der Waals surface area contributed by atoms with E-state index in [0.717, 1.165) is 5.56 Å². The highest BCUT2D eigenvalue weighted by Gasteiger charge is 2.14. The van der Waals surface area contributed by atoms with Crippen LogP contribution in [0.25, 0.3) is 11.3 Å². The van der Waals surface area contributed by atoms with Crippen molar-refractivity contribution in [2.45, 2.75) is 12.8 Å². The van der Waals surface area contributed by atoms with E-state index in [-0.39, 0.29) is 18.2 Å². The lowest BCUT2D eigenvalue weighted by atomic mass is 10.1. The maximum absolute atomic E-state index is 12.3. The highest BCUT2D eigenvalue weighted by Crippen LogP contribution is 2.25. The molecule has 1 N–H and O–H groups in total. The minimum atomic E-state index is -0.257. The molecule has 29 heavy (non-hydrogen) atoms. The minimum Gasteiger partial charge on any atom is -0.441 e. The number of aromatic nitrogens is 1. The quantitative estimate of drug-likeness (QED) is 0.600. The summed E-state index contributed by atoms with van der Waals surface area (Å²) in [6, 6.07) is 12.0. The van der Waals surface area contributed by atoms with Crippen molar-refractivity contribution in [3.8, 4) is 11.3 Å². The molecule has 2 aromatic carbocycles. The van der Waals surface area contributed by atoms with Crippen LogP contribution in [0.5, 0.6) is 0 Å². The van der Waals surface area contributed by atoms with Crippen LogP contribution in [0.3, 0.4) is 0 Å². The molecule has 0 aliphatic carbocycles. The number of nitrogens with zero attached hydrogens (tertiary/aromatic N) is 2. The van der Waals surface area contributed by atoms with Crippen molar-refractivity contribution in [3.05, 3.63) is 70.2 Å². The van der Waals surface area contributed by atoms with Crippen LogP contribution in [-0.4, -0.2) is 35.8 Å². The first-order chi connectivity index (χ1) is 13.8. The van der Waals surface area contributed by atoms with E-state index in [4.69, 9.17) is 27.6 Å². The Morgan fingerprint density at radius 3 is 2.52 bits per heavy atom. The molecule has 0 spiro atoms. The number of hydrogen-bond donors (Lipinski definition) is 1. The Bertz CT molecular complexity index is 1030. The van der Waals surface area contributed by atoms with Crippen LogP contribution >= 0.6 is 23.2 Å². The third-order valence-electron chi connectivity index (χ3n) is 4.14. The maximum Gasteiger partial charge on any atom is 0.253 e. The van der Waals surface area contributed by atoms with Crippen molar-refractivity contribution < 1.29 is 14.0 Å². The van der Waals surface area contributed by atoms with Gasteiger partial charge in [-0.25, -0.2) is 4.98 Å². The van der Waals surface area contributed by atoms with Gasteiger partial charge in [-0.15, -0.1) is 0 Å². The van der Waals surface area contributed by atoms with Crippen LogP contribution in [0.1, 0.15) is 22.7 Å². The molecule has 6 nitrogen and oxygen atoms in total. The fourth-order valence-electron chi connectivity index (χ4n) is 2.62. The van der Waals surface area contributed by atoms with Crippen molar-refractivity contribution in [1.82, 2.24) is 9.88 Å². The molecular weight excluding hydrogens is 413 g/mol. The van der Waals surface area contributed by atoms with Gasteiger partial charge in [0, 0.05) is 43.1 Å². The molecule has 0 atom stereocenters. The van der Waals surface area contributed by atoms with E-state index in [2.05, 4.69) is 10.3 Å². The summed E-state index contributed by atoms with van der Waals surface area (Å²) < 4.78 is 5.70. The van der Waals surface area contributed by atoms with E-state index in [9.17, 15) is 9.59 Å². The molecule has 0 bridgehead atoms. The molecule has 0 saturated carbocycles. The van der Waals surface area contributed by atoms with E-state index < -0.39 is 0 Å². The lowest BCUT2D eigenvalue weighted by Gasteiger charge is -2.12. The van der Waals surface area contributed by atoms with Gasteiger partial charge in [-0.1, -0.05) is 23.2 Å². The Morgan fingerprint density at radius 2 is 1.83 bits per heavy atom. The maximum atomic E-state index is 12.3. The summed E-state index contributed by atoms with van der Waals surface area (Å²) in [5, 5.41) is 3.73. The van der Waals surface area contributed by atoms with Crippen LogP contribution in [0.4, 0.5) is 5.69 Å². The van der Waals surface area contributed by atoms with Gasteiger partial charge in [-0.3, -0.25) is 9.59 Å². The average molecular weight is 432 g/mol. The Kier molecular flexibility index (Phi) is 6.56. The van der Waals surface area contributed by atoms with Gasteiger partial charge < -0.3 is 14.6 Å². The first kappa shape index (κ1) is 20.9. The second-order valence-corrected chi connectivity index (χ2v) is 7.41. The summed E-state index contributed by atoms with van der Waals surface area (Å²) in [5.74, 6) is 0.627. The van der Waals surface area contributed by atoms with Crippen molar-refractivity contribution in [1.29, 1.82) is 0 Å². The molecule has 150 valence electrons. The first-order valence-electron chi connectivity index (χ1n) is 8.85. The lowest BCUT2D eigenvalue weighted by Crippen LogP contribution is -2.22. The van der Waals surface area contributed by atoms with E-state index >= 15 is 0 Å². The summed E-state index contributed by atoms with van der Waals surface area (Å²) in [6.07, 6.45) is 2.10. The number of carbonyl (C=O) groups excluding carboxylic acids is 2. The standard InChI is InChI=1S/C21H19Cl2N3O3/c1-26(2)21(28)14-5-8-16(23)17(11-14)25-19(27)9-10-20-24-12-18(29-20)13-3-6-15(22)7-4-13/h3-8,11-12H,9-10H2,1-2H3,(H,25,27). The van der Waals surface area contributed by atoms with Gasteiger partial charge in [0.1, 0.15) is 0 Å². The van der Waals surface area contributed by atoms with Gasteiger partial charge >= 0.3 is 0 Å². The predicted octanol–water partition coefficient (Wildman–Crippen LogP) is 4.92. The van der Waals surface area contributed by atoms with Crippen molar-refractivity contribution in [2.24, 2.45) is 0 Å². The van der Waals surface area contributed by atoms with Gasteiger partial charge in [0.15, 0.2) is 11.7 Å². The molecule has 0 fully saturated rings. The molecule has 0 aliphatic heterocycles. The van der Waals surface area contributed by atoms with Crippen molar-refractivity contribution in [2.75, 3.05) is 19.4 Å². The molecule has 2 amide bonds. The number of aryl methyl sites for hydroxylation is 1. The summed E-state index contributed by atoms with van der Waals surface area (Å²) in [4.78, 5) is 30.1. The fourth-order valence-corrected chi connectivity index (χ4v) is 2.91. The van der Waals surface area contributed by atoms with Gasteiger partial charge in [0.05, 0.1) is 16.9 Å². The zero-order chi connectivity index (χ0) is 21.0. The number of anilines is 1. The van der Waals surface area contributed by atoms with Crippen molar-refractivity contribution >= 4 is 40.7 Å². The van der Waals surface area contributed by atoms with Gasteiger partial charge in [0.25, 0.3) is 5.91 Å². The van der Waals surface area contributed by atoms with Gasteiger partial charge in [0.2, 0.25) is 5.91 Å². The monoisotopic (exact) mass is 431 g/mol. The summed E-state index contributed by atoms with van der Waals surface area (Å²) in [5.41, 5.74) is 1.68. The highest BCUT2D eigenvalue weighted by atomic mass is 35.5. The molecule has 3 aromatic rings. The largest absolute Gasteiger partial charge is 0.441 e. The molecule has 8 heteroatoms. The second-order valence-electron chi connectivity index (χ2n) is 6.57. The Hall–Kier alpha value is -2.83. The van der Waals surface area contributed by atoms with Crippen LogP contribution in [-0.2, 0) is 11.2 Å². The normalized spacial score (nSPS) is 10.6. The number of rotatable bonds is 6. The molecule has 0 saturated heterocycles. The molecule has 1 aromatic heterocycles. The number of benzene rings is 2. The molecule has 1 heterocycles. The van der Waals surface area contributed by atoms with E-state index in [1.807, 2.05) is 12.1 Å². The van der Waals surface area contributed by atoms with Gasteiger partial charge in [-0.05, 0) is 42.5 Å². The minimum absolute atomic E-state index is 0.156. The Labute approximate surface area is 178 Å². The highest BCUT2D eigenvalue weighted by molar-refractivity contribution is 6.34. The molecule has 0 unspecified atom stereocenters. The Balaban J connectivity index is 1.61. The van der Waals surface area contributed by atoms with Gasteiger partial charge in [-0.2, -0.15) is 0 Å². The van der Waals surface area contributed by atoms with Crippen LogP contribution in [0.15, 0.2) is 53.1 Å². The number of carbonyl (C=O) groups is 2. The number of amides is 2. The summed E-state index contributed by atoms with van der Waals surface area (Å²) in [7, 11) is 3.31. The van der Waals surface area contributed by atoms with E-state index in [0.29, 0.717) is 39.4 Å². The predicted molar refractivity (Wildman–Crippen MR) is 113 cm³/mol. The lowest BCUT2D eigenvalue weighted by molar-refractivity contribution is -0.116. The smallest absolute Gasteiger partial charge is 0.253 e. The summed E-state index contributed by atoms with van der Waals surface area (Å²) >= 11 is 12.0. The zero-order valence-corrected chi connectivity index (χ0v) is 17.4. The zero-order valence-electron chi connectivity index (χ0n) is 15.9. The van der Waals surface area contributed by atoms with Crippen molar-refractivity contribution in [3.63, 3.8) is 0 Å². The number of oxazole rings is 1. The average Bonchev–Trinajstić information content (AvgIpc) is 3.17. The first-order valence-corrected chi connectivity index (χ1v) is 9.61. The Morgan fingerprint density at radius 1 is 1.10 bits per heavy atom. The van der Waals surface area contributed by atoms with E-state index in [1.165, 1.54) is 4.90 Å². The van der Waals surface area contributed by atoms with Crippen LogP contribution in [0, 0.1) is 0 Å². The van der Waals surface area contributed by atoms with E-state index in [1.54, 1.807) is 50.6 Å². The molecule has 0 radical (unpaired) electrons. The molecular formula is C21H19Cl2N3O3. The fraction of sp³-hybridized carbons (Fsp3) is 0.190. The SMILES string of the molecule is CN(C)C(=O)c1ccc(Cl)c(NC(=O)CCc2ncc(-c3ccc(Cl)cc3)o2)c1. The summed E-state index contributed by atoms with van der Waals surface area (Å²) in [6.45, 7) is 0. The topological polar surface area (TPSA) is 75.4 Å².